The van der Waals surface area contributed by atoms with E-state index in [1.54, 1.807) is 43.0 Å². The second-order valence-electron chi connectivity index (χ2n) is 15.4. The Hall–Kier alpha value is -1.93. The molecule has 66 heavy (non-hydrogen) atoms. The highest BCUT2D eigenvalue weighted by molar-refractivity contribution is 8.68. The smallest absolute Gasteiger partial charge is 0.339 e. The van der Waals surface area contributed by atoms with E-state index in [1.165, 1.54) is 48.3 Å². The lowest BCUT2D eigenvalue weighted by atomic mass is 10.0. The highest BCUT2D eigenvalue weighted by atomic mass is 35.5. The van der Waals surface area contributed by atoms with Crippen molar-refractivity contribution in [1.82, 2.24) is 24.6 Å². The molecule has 4 rings (SSSR count). The molecule has 1 aromatic heterocycles. The van der Waals surface area contributed by atoms with Crippen LogP contribution in [0.5, 0.6) is 0 Å². The summed E-state index contributed by atoms with van der Waals surface area (Å²) in [7, 11) is -0.880. The van der Waals surface area contributed by atoms with Gasteiger partial charge in [0.25, 0.3) is 5.16 Å². The van der Waals surface area contributed by atoms with Crippen LogP contribution in [-0.2, 0) is 61.1 Å². The predicted octanol–water partition coefficient (Wildman–Crippen LogP) is 10.9. The van der Waals surface area contributed by atoms with Crippen molar-refractivity contribution in [2.45, 2.75) is 123 Å². The highest BCUT2D eigenvalue weighted by Crippen LogP contribution is 2.61. The second-order valence-corrected chi connectivity index (χ2v) is 30.4. The number of aryl methyl sites for hydroxylation is 3. The van der Waals surface area contributed by atoms with Crippen LogP contribution in [0.4, 0.5) is 10.5 Å². The van der Waals surface area contributed by atoms with Gasteiger partial charge in [-0.1, -0.05) is 65.9 Å². The molecule has 23 heteroatoms. The van der Waals surface area contributed by atoms with E-state index in [-0.39, 0.29) is 33.7 Å². The summed E-state index contributed by atoms with van der Waals surface area (Å²) >= 11 is 19.3. The van der Waals surface area contributed by atoms with Crippen molar-refractivity contribution in [3.05, 3.63) is 64.4 Å². The first-order chi connectivity index (χ1) is 31.1. The molecular weight excluding hydrogens is 1000 g/mol. The van der Waals surface area contributed by atoms with E-state index in [0.29, 0.717) is 54.2 Å². The fourth-order valence-electron chi connectivity index (χ4n) is 6.70. The zero-order chi connectivity index (χ0) is 49.8. The third-order valence-corrected chi connectivity index (χ3v) is 22.9. The number of aromatic nitrogens is 3. The molecule has 3 aromatic rings. The molecular formula is C43H69ClN6O9P2S5. The zero-order valence-electron chi connectivity index (χ0n) is 40.4. The largest absolute Gasteiger partial charge is 0.346 e. The van der Waals surface area contributed by atoms with Gasteiger partial charge in [-0.2, -0.15) is 4.68 Å². The van der Waals surface area contributed by atoms with Gasteiger partial charge in [0.2, 0.25) is 33.0 Å². The Morgan fingerprint density at radius 2 is 1.44 bits per heavy atom. The first-order valence-electron chi connectivity index (χ1n) is 21.9. The molecule has 0 spiro atoms. The standard InChI is InChI=1S/C16H22N4O3S.C14H28NO3PS2.C13H19ClNO3PS2/c1-6-19(7-2)16(21)20-10-17-15(18-20)24(22,23)14-12(4)8-11(3)9-13(14)5;1-4-10-17-19(20,18-11-5-2)21-12-14(16)15-9-7-6-8-13(15)3;1-10(2)15(12-7-5-11(14)6-8-12)13(16)9-21-19(20,17-3)18-4/h8-10H,6-7H2,1-5H3;13H,4-12H2,1-3H3;5-8,10H,9H2,1-4H3. The molecule has 1 aliphatic rings. The molecule has 1 unspecified atom stereocenters. The van der Waals surface area contributed by atoms with Crippen molar-refractivity contribution in [2.24, 2.45) is 0 Å². The minimum absolute atomic E-state index is 0.0298. The van der Waals surface area contributed by atoms with Crippen LogP contribution in [0.2, 0.25) is 5.02 Å². The maximum atomic E-state index is 12.9. The number of amides is 3. The van der Waals surface area contributed by atoms with Crippen molar-refractivity contribution < 1.29 is 40.9 Å². The van der Waals surface area contributed by atoms with Gasteiger partial charge in [-0.05, 0) is 147 Å². The minimum Gasteiger partial charge on any atom is -0.339 e. The van der Waals surface area contributed by atoms with Crippen molar-refractivity contribution in [2.75, 3.05) is 63.5 Å². The molecule has 2 aromatic carbocycles. The lowest BCUT2D eigenvalue weighted by Crippen LogP contribution is -2.42. The molecule has 0 bridgehead atoms. The van der Waals surface area contributed by atoms with Gasteiger partial charge in [-0.15, -0.1) is 5.10 Å². The van der Waals surface area contributed by atoms with Crippen LogP contribution < -0.4 is 4.90 Å². The van der Waals surface area contributed by atoms with Crippen LogP contribution in [0, 0.1) is 20.8 Å². The SMILES string of the molecule is CCCOP(=S)(OCCC)SCC(=O)N1CCCCC1C.CCN(CC)C(=O)n1cnc(S(=O)(=O)c2c(C)cc(C)cc2C)n1.COP(=S)(OC)SCC(=O)N(c1ccc(Cl)cc1)C(C)C. The van der Waals surface area contributed by atoms with Crippen LogP contribution in [0.1, 0.15) is 97.3 Å². The summed E-state index contributed by atoms with van der Waals surface area (Å²) in [4.78, 5) is 46.4. The van der Waals surface area contributed by atoms with Crippen molar-refractivity contribution >= 4 is 103 Å². The van der Waals surface area contributed by atoms with Gasteiger partial charge in [-0.3, -0.25) is 9.59 Å². The number of nitrogens with zero attached hydrogens (tertiary/aromatic N) is 6. The average Bonchev–Trinajstić information content (AvgIpc) is 3.79. The van der Waals surface area contributed by atoms with Crippen LogP contribution in [0.25, 0.3) is 0 Å². The van der Waals surface area contributed by atoms with Crippen molar-refractivity contribution in [3.63, 3.8) is 0 Å². The normalized spacial score (nSPS) is 14.2. The zero-order valence-corrected chi connectivity index (χ0v) is 47.0. The first-order valence-corrected chi connectivity index (χ1v) is 32.2. The van der Waals surface area contributed by atoms with Crippen LogP contribution in [0.15, 0.2) is 52.8 Å². The van der Waals surface area contributed by atoms with Crippen molar-refractivity contribution in [1.29, 1.82) is 0 Å². The lowest BCUT2D eigenvalue weighted by molar-refractivity contribution is -0.131. The van der Waals surface area contributed by atoms with Crippen LogP contribution in [-0.4, -0.2) is 121 Å². The number of carbonyl (C=O) groups excluding carboxylic acids is 3. The molecule has 3 amide bonds. The number of piperidine rings is 1. The van der Waals surface area contributed by atoms with E-state index in [2.05, 4.69) is 17.0 Å². The van der Waals surface area contributed by atoms with Gasteiger partial charge < -0.3 is 32.8 Å². The van der Waals surface area contributed by atoms with Crippen molar-refractivity contribution in [3.8, 4) is 0 Å². The summed E-state index contributed by atoms with van der Waals surface area (Å²) in [5.74, 6) is 0.705. The molecule has 0 saturated carbocycles. The number of sulfone groups is 1. The maximum Gasteiger partial charge on any atom is 0.346 e. The van der Waals surface area contributed by atoms with Gasteiger partial charge in [0.1, 0.15) is 6.33 Å². The van der Waals surface area contributed by atoms with E-state index >= 15 is 0 Å². The molecule has 0 radical (unpaired) electrons. The first kappa shape index (κ1) is 60.2. The summed E-state index contributed by atoms with van der Waals surface area (Å²) in [6.45, 7) is 22.3. The van der Waals surface area contributed by atoms with Gasteiger partial charge in [0.05, 0.1) is 29.6 Å². The quantitative estimate of drug-likeness (QED) is 0.0982. The Labute approximate surface area is 416 Å². The van der Waals surface area contributed by atoms with Gasteiger partial charge in [0.15, 0.2) is 0 Å². The number of anilines is 1. The topological polar surface area (TPSA) is 163 Å². The minimum atomic E-state index is -3.88. The lowest BCUT2D eigenvalue weighted by Gasteiger charge is -2.33. The highest BCUT2D eigenvalue weighted by Gasteiger charge is 2.30. The Morgan fingerprint density at radius 3 is 1.92 bits per heavy atom. The maximum absolute atomic E-state index is 12.9. The number of hydrogen-bond donors (Lipinski definition) is 0. The van der Waals surface area contributed by atoms with Crippen LogP contribution >= 0.6 is 45.8 Å². The third kappa shape index (κ3) is 18.4. The number of rotatable bonds is 20. The summed E-state index contributed by atoms with van der Waals surface area (Å²) in [6, 6.07) is 10.8. The number of likely N-dealkylation sites (tertiary alicyclic amines) is 1. The number of benzene rings is 2. The molecule has 1 aliphatic heterocycles. The number of hydrogen-bond acceptors (Lipinski definition) is 15. The average molecular weight is 1070 g/mol. The van der Waals surface area contributed by atoms with Gasteiger partial charge in [-0.25, -0.2) is 18.2 Å². The van der Waals surface area contributed by atoms with E-state index in [1.807, 2.05) is 65.5 Å². The number of halogens is 1. The Balaban J connectivity index is 0.000000341. The fraction of sp³-hybridized carbons (Fsp3) is 0.605. The molecule has 1 fully saturated rings. The summed E-state index contributed by atoms with van der Waals surface area (Å²) in [6.07, 6.45) is 6.38. The van der Waals surface area contributed by atoms with Gasteiger partial charge in [0, 0.05) is 56.6 Å². The van der Waals surface area contributed by atoms with E-state index < -0.39 is 27.3 Å². The van der Waals surface area contributed by atoms with E-state index in [0.717, 1.165) is 54.5 Å². The molecule has 1 atom stereocenters. The fourth-order valence-corrected chi connectivity index (χ4v) is 15.1. The van der Waals surface area contributed by atoms with Crippen LogP contribution in [0.3, 0.4) is 0 Å². The molecule has 2 heterocycles. The Kier molecular flexibility index (Phi) is 26.7. The second kappa shape index (κ2) is 29.3. The Bertz CT molecular complexity index is 2190. The Morgan fingerprint density at radius 1 is 0.894 bits per heavy atom. The third-order valence-electron chi connectivity index (χ3n) is 9.87. The molecule has 15 nitrogen and oxygen atoms in total. The molecule has 1 saturated heterocycles. The number of carbonyl (C=O) groups is 3. The molecule has 0 aliphatic carbocycles. The monoisotopic (exact) mass is 1070 g/mol. The van der Waals surface area contributed by atoms with Gasteiger partial charge >= 0.3 is 6.03 Å². The molecule has 0 N–H and O–H groups in total. The molecule has 372 valence electrons. The van der Waals surface area contributed by atoms with E-state index in [4.69, 9.17) is 53.3 Å². The van der Waals surface area contributed by atoms with E-state index in [9.17, 15) is 22.8 Å². The summed E-state index contributed by atoms with van der Waals surface area (Å²) < 4.78 is 48.5. The predicted molar refractivity (Wildman–Crippen MR) is 279 cm³/mol. The summed E-state index contributed by atoms with van der Waals surface area (Å²) in [5.41, 5.74) is -1.73. The summed E-state index contributed by atoms with van der Waals surface area (Å²) in [5, 5.41) is 4.18.